The van der Waals surface area contributed by atoms with Gasteiger partial charge in [0, 0.05) is 6.08 Å². The maximum Gasteiger partial charge on any atom is 0.457 e. The minimum atomic E-state index is -6.12. The van der Waals surface area contributed by atoms with E-state index in [9.17, 15) is 39.5 Å². The molecule has 0 amide bonds. The second kappa shape index (κ2) is 3.93. The number of halogens is 9. The van der Waals surface area contributed by atoms with Crippen molar-refractivity contribution in [1.29, 1.82) is 0 Å². The summed E-state index contributed by atoms with van der Waals surface area (Å²) in [6, 6.07) is 0. The van der Waals surface area contributed by atoms with Crippen LogP contribution in [0.3, 0.4) is 0 Å². The molecule has 9 heteroatoms. The summed E-state index contributed by atoms with van der Waals surface area (Å²) in [5.74, 6) is -8.19. The Morgan fingerprint density at radius 1 is 0.867 bits per heavy atom. The lowest BCUT2D eigenvalue weighted by atomic mass is 10.2. The van der Waals surface area contributed by atoms with E-state index in [0.717, 1.165) is 0 Å². The van der Waals surface area contributed by atoms with Gasteiger partial charge in [0.1, 0.15) is 5.83 Å². The highest BCUT2D eigenvalue weighted by Gasteiger charge is 2.56. The van der Waals surface area contributed by atoms with Crippen LogP contribution in [0.5, 0.6) is 0 Å². The quantitative estimate of drug-likeness (QED) is 0.646. The summed E-state index contributed by atoms with van der Waals surface area (Å²) >= 11 is 0. The molecule has 90 valence electrons. The molecule has 0 aliphatic carbocycles. The van der Waals surface area contributed by atoms with Crippen molar-refractivity contribution in [2.24, 2.45) is 0 Å². The Labute approximate surface area is 77.4 Å². The van der Waals surface area contributed by atoms with E-state index in [-0.39, 0.29) is 0 Å². The van der Waals surface area contributed by atoms with Gasteiger partial charge in [0.2, 0.25) is 0 Å². The fourth-order valence-electron chi connectivity index (χ4n) is 0.521. The van der Waals surface area contributed by atoms with E-state index in [4.69, 9.17) is 0 Å². The first-order chi connectivity index (χ1) is 6.35. The van der Waals surface area contributed by atoms with Crippen LogP contribution in [0.1, 0.15) is 6.42 Å². The molecule has 0 bridgehead atoms. The zero-order chi connectivity index (χ0) is 12.5. The molecule has 0 spiro atoms. The van der Waals surface area contributed by atoms with Crippen molar-refractivity contribution in [2.45, 2.75) is 24.7 Å². The van der Waals surface area contributed by atoms with E-state index in [1.165, 1.54) is 0 Å². The summed E-state index contributed by atoms with van der Waals surface area (Å²) in [6.45, 7) is 0. The van der Waals surface area contributed by atoms with Crippen molar-refractivity contribution in [3.63, 3.8) is 0 Å². The Bertz CT molecular complexity index is 242. The first-order valence-corrected chi connectivity index (χ1v) is 3.24. The van der Waals surface area contributed by atoms with Crippen LogP contribution in [-0.4, -0.2) is 18.3 Å². The van der Waals surface area contributed by atoms with Crippen LogP contribution in [0.2, 0.25) is 0 Å². The van der Waals surface area contributed by atoms with Gasteiger partial charge in [-0.2, -0.15) is 35.1 Å². The highest BCUT2D eigenvalue weighted by atomic mass is 19.4. The molecule has 0 radical (unpaired) electrons. The first kappa shape index (κ1) is 14.1. The molecule has 0 aromatic heterocycles. The van der Waals surface area contributed by atoms with Crippen molar-refractivity contribution in [1.82, 2.24) is 0 Å². The SMILES string of the molecule is F/C(=C\C(F)(F)C(F)(F)F)CC(F)(F)F. The molecule has 0 rings (SSSR count). The second-order valence-corrected chi connectivity index (χ2v) is 2.50. The second-order valence-electron chi connectivity index (χ2n) is 2.50. The van der Waals surface area contributed by atoms with Gasteiger partial charge >= 0.3 is 18.3 Å². The highest BCUT2D eigenvalue weighted by Crippen LogP contribution is 2.38. The predicted molar refractivity (Wildman–Crippen MR) is 30.9 cm³/mol. The Balaban J connectivity index is 4.76. The van der Waals surface area contributed by atoms with Gasteiger partial charge in [0.05, 0.1) is 6.42 Å². The third-order valence-corrected chi connectivity index (χ3v) is 1.09. The van der Waals surface area contributed by atoms with Crippen LogP contribution in [0.15, 0.2) is 11.9 Å². The van der Waals surface area contributed by atoms with E-state index < -0.39 is 36.6 Å². The molecule has 0 saturated carbocycles. The lowest BCUT2D eigenvalue weighted by Crippen LogP contribution is -2.34. The lowest BCUT2D eigenvalue weighted by Gasteiger charge is -2.16. The van der Waals surface area contributed by atoms with Gasteiger partial charge in [0.25, 0.3) is 0 Å². The van der Waals surface area contributed by atoms with Crippen LogP contribution in [0.4, 0.5) is 39.5 Å². The molecule has 0 nitrogen and oxygen atoms in total. The van der Waals surface area contributed by atoms with Crippen LogP contribution >= 0.6 is 0 Å². The fourth-order valence-corrected chi connectivity index (χ4v) is 0.521. The summed E-state index contributed by atoms with van der Waals surface area (Å²) in [7, 11) is 0. The number of rotatable bonds is 2. The molecule has 0 N–H and O–H groups in total. The van der Waals surface area contributed by atoms with Crippen LogP contribution in [0, 0.1) is 0 Å². The lowest BCUT2D eigenvalue weighted by molar-refractivity contribution is -0.260. The van der Waals surface area contributed by atoms with Gasteiger partial charge in [-0.15, -0.1) is 0 Å². The minimum Gasteiger partial charge on any atom is -0.212 e. The van der Waals surface area contributed by atoms with E-state index in [1.807, 2.05) is 0 Å². The monoisotopic (exact) mass is 246 g/mol. The number of alkyl halides is 8. The maximum atomic E-state index is 12.1. The molecule has 0 heterocycles. The van der Waals surface area contributed by atoms with Gasteiger partial charge in [-0.3, -0.25) is 0 Å². The third-order valence-electron chi connectivity index (χ3n) is 1.09. The standard InChI is InChI=1S/C6H3F9/c7-3(2-5(10,11)12)1-4(8,9)6(13,14)15/h1H,2H2/b3-1-. The normalized spacial score (nSPS) is 15.7. The van der Waals surface area contributed by atoms with Crippen molar-refractivity contribution in [2.75, 3.05) is 0 Å². The molecule has 0 aliphatic rings. The van der Waals surface area contributed by atoms with Gasteiger partial charge in [-0.25, -0.2) is 4.39 Å². The Morgan fingerprint density at radius 2 is 1.27 bits per heavy atom. The van der Waals surface area contributed by atoms with E-state index in [0.29, 0.717) is 0 Å². The topological polar surface area (TPSA) is 0 Å². The molecular weight excluding hydrogens is 243 g/mol. The van der Waals surface area contributed by atoms with E-state index in [1.54, 1.807) is 0 Å². The molecule has 0 fully saturated rings. The molecule has 0 aliphatic heterocycles. The van der Waals surface area contributed by atoms with E-state index >= 15 is 0 Å². The average Bonchev–Trinajstić information content (AvgIpc) is 1.75. The molecule has 0 saturated heterocycles. The smallest absolute Gasteiger partial charge is 0.212 e. The Kier molecular flexibility index (Phi) is 3.70. The predicted octanol–water partition coefficient (Wildman–Crippen LogP) is 3.99. The first-order valence-electron chi connectivity index (χ1n) is 3.24. The third kappa shape index (κ3) is 4.93. The Morgan fingerprint density at radius 3 is 1.53 bits per heavy atom. The molecule has 0 aromatic carbocycles. The van der Waals surface area contributed by atoms with Crippen molar-refractivity contribution in [3.05, 3.63) is 11.9 Å². The average molecular weight is 246 g/mol. The van der Waals surface area contributed by atoms with E-state index in [2.05, 4.69) is 0 Å². The minimum absolute atomic E-state index is 1.39. The van der Waals surface area contributed by atoms with Crippen molar-refractivity contribution < 1.29 is 39.5 Å². The van der Waals surface area contributed by atoms with Crippen molar-refractivity contribution >= 4 is 0 Å². The molecule has 15 heavy (non-hydrogen) atoms. The molecule has 0 atom stereocenters. The highest BCUT2D eigenvalue weighted by molar-refractivity contribution is 5.05. The largest absolute Gasteiger partial charge is 0.457 e. The van der Waals surface area contributed by atoms with Crippen LogP contribution < -0.4 is 0 Å². The summed E-state index contributed by atoms with van der Waals surface area (Å²) in [6.07, 6.45) is -15.1. The number of allylic oxidation sites excluding steroid dienone is 2. The number of hydrogen-bond donors (Lipinski definition) is 0. The fraction of sp³-hybridized carbons (Fsp3) is 0.667. The van der Waals surface area contributed by atoms with Gasteiger partial charge in [-0.05, 0) is 0 Å². The summed E-state index contributed by atoms with van der Waals surface area (Å²) in [4.78, 5) is 0. The van der Waals surface area contributed by atoms with Gasteiger partial charge in [0.15, 0.2) is 0 Å². The van der Waals surface area contributed by atoms with Crippen molar-refractivity contribution in [3.8, 4) is 0 Å². The van der Waals surface area contributed by atoms with Gasteiger partial charge < -0.3 is 0 Å². The Hall–Kier alpha value is -0.890. The van der Waals surface area contributed by atoms with Gasteiger partial charge in [-0.1, -0.05) is 0 Å². The zero-order valence-electron chi connectivity index (χ0n) is 6.69. The molecule has 0 aromatic rings. The number of hydrogen-bond acceptors (Lipinski definition) is 0. The van der Waals surface area contributed by atoms with Crippen LogP contribution in [-0.2, 0) is 0 Å². The molecular formula is C6H3F9. The van der Waals surface area contributed by atoms with Crippen LogP contribution in [0.25, 0.3) is 0 Å². The summed E-state index contributed by atoms with van der Waals surface area (Å²) in [5.41, 5.74) is 0. The summed E-state index contributed by atoms with van der Waals surface area (Å²) in [5, 5.41) is 0. The maximum absolute atomic E-state index is 12.1. The molecule has 0 unspecified atom stereocenters. The summed E-state index contributed by atoms with van der Waals surface area (Å²) < 4.78 is 104. The zero-order valence-corrected chi connectivity index (χ0v) is 6.69.